The Kier molecular flexibility index (Phi) is 10.0. The molecular weight excluding hydrogens is 334 g/mol. The lowest BCUT2D eigenvalue weighted by molar-refractivity contribution is 0.156. The Morgan fingerprint density at radius 1 is 1.48 bits per heavy atom. The van der Waals surface area contributed by atoms with Crippen LogP contribution in [0.2, 0.25) is 0 Å². The summed E-state index contributed by atoms with van der Waals surface area (Å²) in [4.78, 5) is 0. The molecule has 0 bridgehead atoms. The number of rotatable bonds is 11. The van der Waals surface area contributed by atoms with Crippen molar-refractivity contribution < 1.29 is 14.1 Å². The number of aliphatic hydroxyl groups is 1. The molecule has 0 fully saturated rings. The summed E-state index contributed by atoms with van der Waals surface area (Å²) < 4.78 is 20.6. The second kappa shape index (κ2) is 11.4. The van der Waals surface area contributed by atoms with Gasteiger partial charge in [-0.05, 0) is 55.5 Å². The van der Waals surface area contributed by atoms with Crippen molar-refractivity contribution in [2.45, 2.75) is 40.0 Å². The van der Waals surface area contributed by atoms with E-state index in [2.05, 4.69) is 50.3 Å². The fourth-order valence-corrected chi connectivity index (χ4v) is 3.88. The monoisotopic (exact) mass is 367 g/mol. The topological polar surface area (TPSA) is 58.6 Å². The lowest BCUT2D eigenvalue weighted by Gasteiger charge is -2.18. The molecule has 0 radical (unpaired) electrons. The van der Waals surface area contributed by atoms with Crippen LogP contribution in [0.1, 0.15) is 40.0 Å². The first-order valence-corrected chi connectivity index (χ1v) is 10.4. The molecular formula is C20H33NO3S. The number of nitrogens with one attached hydrogen (secondary N) is 1. The molecule has 1 rings (SSSR count). The van der Waals surface area contributed by atoms with Gasteiger partial charge in [0.25, 0.3) is 0 Å². The van der Waals surface area contributed by atoms with Crippen molar-refractivity contribution in [3.63, 3.8) is 0 Å². The standard InChI is InChI=1S/C20H33NO3S/c1-6-17-9-10-19(13-15(3)20(17)24-12-8-11-22)16(4)18(7-2)14-25(23)21-5/h9-10,13,17-18,21-22H,4,6-8,11-12,14H2,1-3,5H3. The molecule has 142 valence electrons. The van der Waals surface area contributed by atoms with Crippen LogP contribution in [0.25, 0.3) is 0 Å². The van der Waals surface area contributed by atoms with E-state index in [1.165, 1.54) is 0 Å². The Morgan fingerprint density at radius 3 is 2.76 bits per heavy atom. The zero-order valence-electron chi connectivity index (χ0n) is 16.0. The van der Waals surface area contributed by atoms with Gasteiger partial charge in [-0.1, -0.05) is 32.6 Å². The highest BCUT2D eigenvalue weighted by Gasteiger charge is 2.20. The van der Waals surface area contributed by atoms with Crippen LogP contribution >= 0.6 is 0 Å². The molecule has 0 amide bonds. The van der Waals surface area contributed by atoms with E-state index >= 15 is 0 Å². The summed E-state index contributed by atoms with van der Waals surface area (Å²) in [5, 5.41) is 8.97. The van der Waals surface area contributed by atoms with Crippen molar-refractivity contribution in [2.75, 3.05) is 26.0 Å². The minimum absolute atomic E-state index is 0.137. The largest absolute Gasteiger partial charge is 0.497 e. The zero-order valence-corrected chi connectivity index (χ0v) is 16.8. The fraction of sp³-hybridized carbons (Fsp3) is 0.600. The third-order valence-corrected chi connectivity index (χ3v) is 5.70. The van der Waals surface area contributed by atoms with Crippen LogP contribution in [0.15, 0.2) is 47.3 Å². The van der Waals surface area contributed by atoms with Crippen LogP contribution < -0.4 is 4.72 Å². The minimum atomic E-state index is -1.04. The molecule has 3 atom stereocenters. The van der Waals surface area contributed by atoms with Crippen LogP contribution in [-0.4, -0.2) is 35.3 Å². The lowest BCUT2D eigenvalue weighted by atomic mass is 9.92. The molecule has 0 spiro atoms. The lowest BCUT2D eigenvalue weighted by Crippen LogP contribution is -2.21. The van der Waals surface area contributed by atoms with Crippen molar-refractivity contribution >= 4 is 11.0 Å². The molecule has 0 aliphatic heterocycles. The van der Waals surface area contributed by atoms with E-state index in [0.717, 1.165) is 35.3 Å². The highest BCUT2D eigenvalue weighted by Crippen LogP contribution is 2.31. The summed E-state index contributed by atoms with van der Waals surface area (Å²) in [5.74, 6) is 1.94. The summed E-state index contributed by atoms with van der Waals surface area (Å²) in [6.45, 7) is 11.2. The molecule has 3 unspecified atom stereocenters. The van der Waals surface area contributed by atoms with Gasteiger partial charge < -0.3 is 9.84 Å². The van der Waals surface area contributed by atoms with Crippen LogP contribution in [0.5, 0.6) is 0 Å². The smallest absolute Gasteiger partial charge is 0.106 e. The Morgan fingerprint density at radius 2 is 2.20 bits per heavy atom. The summed E-state index contributed by atoms with van der Waals surface area (Å²) in [5.41, 5.74) is 3.19. The van der Waals surface area contributed by atoms with Crippen molar-refractivity contribution in [3.8, 4) is 0 Å². The van der Waals surface area contributed by atoms with Gasteiger partial charge in [0.05, 0.1) is 17.6 Å². The molecule has 5 heteroatoms. The fourth-order valence-electron chi connectivity index (χ4n) is 2.91. The molecule has 0 aromatic rings. The Balaban J connectivity index is 3.04. The van der Waals surface area contributed by atoms with Crippen molar-refractivity contribution in [1.29, 1.82) is 0 Å². The second-order valence-electron chi connectivity index (χ2n) is 6.29. The number of hydrogen-bond acceptors (Lipinski definition) is 3. The van der Waals surface area contributed by atoms with E-state index in [0.29, 0.717) is 18.8 Å². The van der Waals surface area contributed by atoms with E-state index in [1.807, 2.05) is 0 Å². The van der Waals surface area contributed by atoms with E-state index in [9.17, 15) is 4.21 Å². The first-order valence-electron chi connectivity index (χ1n) is 9.07. The van der Waals surface area contributed by atoms with Gasteiger partial charge >= 0.3 is 0 Å². The van der Waals surface area contributed by atoms with E-state index in [1.54, 1.807) is 7.05 Å². The Hall–Kier alpha value is -1.17. The van der Waals surface area contributed by atoms with Crippen LogP contribution in [0.4, 0.5) is 0 Å². The summed E-state index contributed by atoms with van der Waals surface area (Å²) in [7, 11) is 0.675. The number of aliphatic hydroxyl groups excluding tert-OH is 1. The van der Waals surface area contributed by atoms with Crippen LogP contribution in [0.3, 0.4) is 0 Å². The number of allylic oxidation sites excluding steroid dienone is 6. The molecule has 1 aliphatic rings. The van der Waals surface area contributed by atoms with Gasteiger partial charge in [0.2, 0.25) is 0 Å². The minimum Gasteiger partial charge on any atom is -0.497 e. The SMILES string of the molecule is C=C(C1=CC(C)=C(OCCCO)C(CC)C=C1)C(CC)CS(=O)NC. The predicted molar refractivity (Wildman–Crippen MR) is 106 cm³/mol. The Bertz CT molecular complexity index is 563. The Labute approximate surface area is 155 Å². The zero-order chi connectivity index (χ0) is 18.8. The van der Waals surface area contributed by atoms with Gasteiger partial charge in [-0.3, -0.25) is 0 Å². The summed E-state index contributed by atoms with van der Waals surface area (Å²) >= 11 is 0. The quantitative estimate of drug-likeness (QED) is 0.548. The molecule has 0 saturated carbocycles. The van der Waals surface area contributed by atoms with Crippen LogP contribution in [0, 0.1) is 11.8 Å². The number of ether oxygens (including phenoxy) is 1. The van der Waals surface area contributed by atoms with Gasteiger partial charge in [0.1, 0.15) is 5.76 Å². The molecule has 0 saturated heterocycles. The third kappa shape index (κ3) is 6.57. The first kappa shape index (κ1) is 21.9. The second-order valence-corrected chi connectivity index (χ2v) is 7.73. The molecule has 1 aliphatic carbocycles. The molecule has 0 aromatic carbocycles. The molecule has 0 heterocycles. The van der Waals surface area contributed by atoms with Gasteiger partial charge in [-0.2, -0.15) is 0 Å². The highest BCUT2D eigenvalue weighted by atomic mass is 32.2. The van der Waals surface area contributed by atoms with E-state index in [-0.39, 0.29) is 18.4 Å². The van der Waals surface area contributed by atoms with Gasteiger partial charge in [-0.25, -0.2) is 8.93 Å². The van der Waals surface area contributed by atoms with E-state index in [4.69, 9.17) is 9.84 Å². The summed E-state index contributed by atoms with van der Waals surface area (Å²) in [6.07, 6.45) is 8.90. The maximum atomic E-state index is 11.9. The third-order valence-electron chi connectivity index (χ3n) is 4.54. The average Bonchev–Trinajstić information content (AvgIpc) is 2.78. The first-order chi connectivity index (χ1) is 12.0. The molecule has 25 heavy (non-hydrogen) atoms. The molecule has 0 aromatic heterocycles. The average molecular weight is 368 g/mol. The van der Waals surface area contributed by atoms with Crippen LogP contribution in [-0.2, 0) is 15.7 Å². The van der Waals surface area contributed by atoms with Crippen molar-refractivity contribution in [3.05, 3.63) is 47.3 Å². The van der Waals surface area contributed by atoms with Gasteiger partial charge in [-0.15, -0.1) is 0 Å². The van der Waals surface area contributed by atoms with Gasteiger partial charge in [0.15, 0.2) is 0 Å². The summed E-state index contributed by atoms with van der Waals surface area (Å²) in [6, 6.07) is 0. The van der Waals surface area contributed by atoms with E-state index < -0.39 is 11.0 Å². The highest BCUT2D eigenvalue weighted by molar-refractivity contribution is 7.83. The predicted octanol–water partition coefficient (Wildman–Crippen LogP) is 3.65. The normalized spacial score (nSPS) is 20.0. The number of hydrogen-bond donors (Lipinski definition) is 2. The van der Waals surface area contributed by atoms with Gasteiger partial charge in [0, 0.05) is 24.7 Å². The maximum Gasteiger partial charge on any atom is 0.106 e. The molecule has 4 nitrogen and oxygen atoms in total. The van der Waals surface area contributed by atoms with Crippen molar-refractivity contribution in [1.82, 2.24) is 4.72 Å². The molecule has 2 N–H and O–H groups in total. The van der Waals surface area contributed by atoms with Crippen molar-refractivity contribution in [2.24, 2.45) is 11.8 Å². The maximum absolute atomic E-state index is 11.9.